The fourth-order valence-electron chi connectivity index (χ4n) is 3.28. The number of nitrogens with one attached hydrogen (secondary N) is 2. The lowest BCUT2D eigenvalue weighted by Gasteiger charge is -2.15. The number of carbonyl (C=O) groups excluding carboxylic acids is 2. The monoisotopic (exact) mass is 545 g/mol. The molecule has 0 fully saturated rings. The molecular weight excluding hydrogens is 506 g/mol. The molecule has 12 heteroatoms. The van der Waals surface area contributed by atoms with E-state index in [0.717, 1.165) is 12.8 Å². The molecule has 0 bridgehead atoms. The number of nitrogens with zero attached hydrogens (tertiary/aromatic N) is 2. The number of aliphatic imine (C=N–C) groups is 1. The van der Waals surface area contributed by atoms with Crippen molar-refractivity contribution in [3.63, 3.8) is 0 Å². The molecule has 0 saturated carbocycles. The lowest BCUT2D eigenvalue weighted by molar-refractivity contribution is -0.525. The highest BCUT2D eigenvalue weighted by Gasteiger charge is 2.20. The second-order valence-corrected chi connectivity index (χ2v) is 8.79. The van der Waals surface area contributed by atoms with Gasteiger partial charge in [-0.05, 0) is 76.3 Å². The minimum atomic E-state index is -0.920. The molecule has 0 radical (unpaired) electrons. The number of methoxy groups -OCH3 is 2. The molecule has 4 N–H and O–H groups in total. The van der Waals surface area contributed by atoms with Gasteiger partial charge in [0.1, 0.15) is 12.6 Å². The lowest BCUT2D eigenvalue weighted by Crippen LogP contribution is -2.41. The zero-order valence-corrected chi connectivity index (χ0v) is 23.2. The molecule has 12 nitrogen and oxygen atoms in total. The summed E-state index contributed by atoms with van der Waals surface area (Å²) in [5.41, 5.74) is 10.3. The van der Waals surface area contributed by atoms with Crippen molar-refractivity contribution < 1.29 is 28.8 Å². The number of carbonyl (C=O) groups is 2. The Labute approximate surface area is 229 Å². The number of rotatable bonds is 16. The molecule has 0 aliphatic carbocycles. The topological polar surface area (TPSA) is 167 Å². The predicted molar refractivity (Wildman–Crippen MR) is 150 cm³/mol. The Bertz CT molecular complexity index is 1090. The summed E-state index contributed by atoms with van der Waals surface area (Å²) in [6, 6.07) is 4.37. The normalized spacial score (nSPS) is 12.4. The minimum Gasteiger partial charge on any atom is -0.493 e. The molecule has 0 spiro atoms. The minimum absolute atomic E-state index is 0.116. The van der Waals surface area contributed by atoms with Crippen molar-refractivity contribution in [3.8, 4) is 11.5 Å². The van der Waals surface area contributed by atoms with E-state index in [0.29, 0.717) is 30.1 Å². The predicted octanol–water partition coefficient (Wildman–Crippen LogP) is 3.31. The summed E-state index contributed by atoms with van der Waals surface area (Å²) in [6.45, 7) is 6.77. The molecule has 1 atom stereocenters. The van der Waals surface area contributed by atoms with E-state index in [-0.39, 0.29) is 18.9 Å². The number of amides is 1. The highest BCUT2D eigenvalue weighted by atomic mass is 16.7. The molecular formula is C27H39N5O7. The van der Waals surface area contributed by atoms with Crippen molar-refractivity contribution in [2.45, 2.75) is 52.5 Å². The first-order chi connectivity index (χ1) is 18.5. The first kappa shape index (κ1) is 32.7. The van der Waals surface area contributed by atoms with Crippen LogP contribution in [0.3, 0.4) is 0 Å². The maximum atomic E-state index is 12.4. The number of hydrazine groups is 1. The van der Waals surface area contributed by atoms with Gasteiger partial charge in [0, 0.05) is 12.6 Å². The molecule has 1 amide bonds. The van der Waals surface area contributed by atoms with Crippen LogP contribution in [-0.2, 0) is 14.3 Å². The number of hydrogen-bond acceptors (Lipinski definition) is 8. The fraction of sp³-hybridized carbons (Fsp3) is 0.444. The van der Waals surface area contributed by atoms with Gasteiger partial charge in [0.05, 0.1) is 14.2 Å². The molecule has 214 valence electrons. The molecule has 0 aromatic heterocycles. The van der Waals surface area contributed by atoms with Gasteiger partial charge in [0.2, 0.25) is 5.91 Å². The second kappa shape index (κ2) is 18.0. The molecule has 1 rings (SSSR count). The first-order valence-electron chi connectivity index (χ1n) is 12.4. The van der Waals surface area contributed by atoms with E-state index in [1.807, 2.05) is 6.08 Å². The van der Waals surface area contributed by atoms with Gasteiger partial charge in [-0.2, -0.15) is 0 Å². The van der Waals surface area contributed by atoms with Gasteiger partial charge in [-0.1, -0.05) is 28.7 Å². The van der Waals surface area contributed by atoms with E-state index in [1.165, 1.54) is 31.4 Å². The van der Waals surface area contributed by atoms with E-state index in [1.54, 1.807) is 29.7 Å². The summed E-state index contributed by atoms with van der Waals surface area (Å²) in [5, 5.41) is 12.1. The van der Waals surface area contributed by atoms with Crippen LogP contribution >= 0.6 is 0 Å². The number of guanidine groups is 1. The van der Waals surface area contributed by atoms with Crippen LogP contribution in [0.2, 0.25) is 0 Å². The van der Waals surface area contributed by atoms with Crippen molar-refractivity contribution >= 4 is 23.9 Å². The van der Waals surface area contributed by atoms with Gasteiger partial charge >= 0.3 is 5.97 Å². The molecule has 0 unspecified atom stereocenters. The number of esters is 1. The molecule has 1 aromatic carbocycles. The Kier molecular flexibility index (Phi) is 15.1. The Morgan fingerprint density at radius 1 is 1.18 bits per heavy atom. The van der Waals surface area contributed by atoms with Crippen molar-refractivity contribution in [2.75, 3.05) is 27.4 Å². The summed E-state index contributed by atoms with van der Waals surface area (Å²) in [5.74, 6) is -0.380. The Morgan fingerprint density at radius 3 is 2.56 bits per heavy atom. The fourth-order valence-corrected chi connectivity index (χ4v) is 3.28. The molecule has 0 aliphatic rings. The quantitative estimate of drug-likeness (QED) is 0.0412. The smallest absolute Gasteiger partial charge is 0.328 e. The molecule has 0 saturated heterocycles. The maximum absolute atomic E-state index is 12.4. The van der Waals surface area contributed by atoms with E-state index in [2.05, 4.69) is 37.2 Å². The third-order valence-corrected chi connectivity index (χ3v) is 5.32. The maximum Gasteiger partial charge on any atom is 0.328 e. The van der Waals surface area contributed by atoms with Crippen LogP contribution in [0.4, 0.5) is 0 Å². The third kappa shape index (κ3) is 14.2. The molecule has 0 heterocycles. The Hall–Kier alpha value is -4.35. The highest BCUT2D eigenvalue weighted by molar-refractivity contribution is 5.94. The van der Waals surface area contributed by atoms with Crippen LogP contribution in [-0.4, -0.2) is 56.3 Å². The van der Waals surface area contributed by atoms with Gasteiger partial charge in [0.25, 0.3) is 5.96 Å². The van der Waals surface area contributed by atoms with Crippen molar-refractivity contribution in [2.24, 2.45) is 10.7 Å². The van der Waals surface area contributed by atoms with E-state index >= 15 is 0 Å². The highest BCUT2D eigenvalue weighted by Crippen LogP contribution is 2.28. The van der Waals surface area contributed by atoms with Crippen LogP contribution < -0.4 is 25.9 Å². The summed E-state index contributed by atoms with van der Waals surface area (Å²) < 4.78 is 16.0. The van der Waals surface area contributed by atoms with Gasteiger partial charge in [-0.25, -0.2) is 19.9 Å². The van der Waals surface area contributed by atoms with E-state index in [9.17, 15) is 19.7 Å². The standard InChI is InChI=1S/C27H39N5O7/c1-19(2)8-6-9-20(3)15-17-39-23-13-11-21(18-24(23)37-4)12-14-25(33)30-22(26(34)38-5)10-7-16-29-27(28)31-32(35)36/h8,11-15,18,22H,6-7,9-10,16-17H2,1-5H3,(H,30,33)(H3,28,29,31)/b14-12+,20-15+/t22-/m0/s1. The van der Waals surface area contributed by atoms with Crippen LogP contribution in [0.25, 0.3) is 6.08 Å². The summed E-state index contributed by atoms with van der Waals surface area (Å²) in [7, 11) is 2.75. The molecule has 0 aliphatic heterocycles. The number of allylic oxidation sites excluding steroid dienone is 3. The van der Waals surface area contributed by atoms with E-state index < -0.39 is 23.0 Å². The lowest BCUT2D eigenvalue weighted by atomic mass is 10.1. The van der Waals surface area contributed by atoms with Crippen molar-refractivity contribution in [1.29, 1.82) is 0 Å². The average Bonchev–Trinajstić information content (AvgIpc) is 2.88. The van der Waals surface area contributed by atoms with Crippen LogP contribution in [0, 0.1) is 10.1 Å². The van der Waals surface area contributed by atoms with Gasteiger partial charge < -0.3 is 25.3 Å². The van der Waals surface area contributed by atoms with Crippen LogP contribution in [0.15, 0.2) is 52.6 Å². The summed E-state index contributed by atoms with van der Waals surface area (Å²) in [6.07, 6.45) is 9.61. The average molecular weight is 546 g/mol. The third-order valence-electron chi connectivity index (χ3n) is 5.32. The number of nitrogens with two attached hydrogens (primary N) is 1. The molecule has 1 aromatic rings. The van der Waals surface area contributed by atoms with Crippen LogP contribution in [0.1, 0.15) is 52.0 Å². The van der Waals surface area contributed by atoms with Crippen LogP contribution in [0.5, 0.6) is 11.5 Å². The number of benzene rings is 1. The Balaban J connectivity index is 2.70. The molecule has 39 heavy (non-hydrogen) atoms. The summed E-state index contributed by atoms with van der Waals surface area (Å²) in [4.78, 5) is 38.6. The number of nitro groups is 1. The first-order valence-corrected chi connectivity index (χ1v) is 12.4. The van der Waals surface area contributed by atoms with Crippen molar-refractivity contribution in [1.82, 2.24) is 10.7 Å². The summed E-state index contributed by atoms with van der Waals surface area (Å²) >= 11 is 0. The second-order valence-electron chi connectivity index (χ2n) is 8.79. The number of ether oxygens (including phenoxy) is 3. The van der Waals surface area contributed by atoms with Gasteiger partial charge in [-0.15, -0.1) is 0 Å². The van der Waals surface area contributed by atoms with Crippen molar-refractivity contribution in [3.05, 3.63) is 63.3 Å². The number of hydrogen-bond donors (Lipinski definition) is 3. The SMILES string of the molecule is COC(=O)[C@H](CCCN=C(N)N[N+](=O)[O-])NC(=O)/C=C/c1ccc(OC/C=C(\C)CCC=C(C)C)c(OC)c1. The largest absolute Gasteiger partial charge is 0.493 e. The van der Waals surface area contributed by atoms with E-state index in [4.69, 9.17) is 19.9 Å². The van der Waals surface area contributed by atoms with Gasteiger partial charge in [0.15, 0.2) is 16.5 Å². The Morgan fingerprint density at radius 2 is 1.92 bits per heavy atom. The van der Waals surface area contributed by atoms with Gasteiger partial charge in [-0.3, -0.25) is 4.79 Å². The zero-order valence-electron chi connectivity index (χ0n) is 23.2. The zero-order chi connectivity index (χ0) is 29.2.